The van der Waals surface area contributed by atoms with Crippen molar-refractivity contribution in [2.24, 2.45) is 4.99 Å². The molecule has 1 unspecified atom stereocenters. The number of ether oxygens (including phenoxy) is 1. The van der Waals surface area contributed by atoms with Gasteiger partial charge in [0.2, 0.25) is 11.8 Å². The lowest BCUT2D eigenvalue weighted by molar-refractivity contribution is -0.137. The summed E-state index contributed by atoms with van der Waals surface area (Å²) in [7, 11) is 1.48. The molecular weight excluding hydrogens is 431 g/mol. The minimum atomic E-state index is -4.49. The lowest BCUT2D eigenvalue weighted by Crippen LogP contribution is -2.30. The number of carbonyl (C=O) groups excluding carboxylic acids is 2. The SMILES string of the molecule is CCOc1cccc(NC(=O)CC2SC(=Nc3cccc(C(F)(F)F)c3)N(C)C2=O)c1. The average molecular weight is 451 g/mol. The van der Waals surface area contributed by atoms with Crippen molar-refractivity contribution in [2.45, 2.75) is 24.8 Å². The first-order valence-electron chi connectivity index (χ1n) is 9.40. The van der Waals surface area contributed by atoms with Crippen LogP contribution in [0, 0.1) is 0 Å². The Balaban J connectivity index is 1.68. The third-order valence-electron chi connectivity index (χ3n) is 4.34. The summed E-state index contributed by atoms with van der Waals surface area (Å²) in [5.41, 5.74) is -0.205. The monoisotopic (exact) mass is 451 g/mol. The number of carbonyl (C=O) groups is 2. The van der Waals surface area contributed by atoms with Crippen LogP contribution in [0.1, 0.15) is 18.9 Å². The molecule has 1 atom stereocenters. The first kappa shape index (κ1) is 22.7. The third-order valence-corrected chi connectivity index (χ3v) is 5.57. The van der Waals surface area contributed by atoms with E-state index in [1.807, 2.05) is 6.92 Å². The van der Waals surface area contributed by atoms with Crippen LogP contribution in [0.5, 0.6) is 5.75 Å². The highest BCUT2D eigenvalue weighted by molar-refractivity contribution is 8.15. The molecule has 0 aromatic heterocycles. The Bertz CT molecular complexity index is 1010. The number of benzene rings is 2. The van der Waals surface area contributed by atoms with Crippen molar-refractivity contribution in [3.05, 3.63) is 54.1 Å². The first-order valence-corrected chi connectivity index (χ1v) is 10.3. The highest BCUT2D eigenvalue weighted by Gasteiger charge is 2.37. The number of rotatable bonds is 6. The highest BCUT2D eigenvalue weighted by Crippen LogP contribution is 2.34. The van der Waals surface area contributed by atoms with Gasteiger partial charge in [0.05, 0.1) is 17.9 Å². The molecule has 3 rings (SSSR count). The van der Waals surface area contributed by atoms with E-state index in [1.165, 1.54) is 24.1 Å². The fourth-order valence-corrected chi connectivity index (χ4v) is 4.02. The summed E-state index contributed by atoms with van der Waals surface area (Å²) in [5, 5.41) is 2.24. The third kappa shape index (κ3) is 5.78. The van der Waals surface area contributed by atoms with E-state index >= 15 is 0 Å². The Morgan fingerprint density at radius 2 is 1.97 bits per heavy atom. The van der Waals surface area contributed by atoms with Gasteiger partial charge in [-0.25, -0.2) is 4.99 Å². The molecule has 2 aromatic carbocycles. The second-order valence-electron chi connectivity index (χ2n) is 6.66. The Kier molecular flexibility index (Phi) is 6.89. The van der Waals surface area contributed by atoms with E-state index in [4.69, 9.17) is 4.74 Å². The predicted octanol–water partition coefficient (Wildman–Crippen LogP) is 4.69. The smallest absolute Gasteiger partial charge is 0.416 e. The molecule has 10 heteroatoms. The van der Waals surface area contributed by atoms with Crippen molar-refractivity contribution < 1.29 is 27.5 Å². The van der Waals surface area contributed by atoms with Gasteiger partial charge in [0, 0.05) is 25.2 Å². The number of anilines is 1. The Morgan fingerprint density at radius 1 is 1.23 bits per heavy atom. The zero-order valence-corrected chi connectivity index (χ0v) is 17.6. The summed E-state index contributed by atoms with van der Waals surface area (Å²) in [6.45, 7) is 2.34. The topological polar surface area (TPSA) is 71.0 Å². The number of nitrogens with one attached hydrogen (secondary N) is 1. The zero-order valence-electron chi connectivity index (χ0n) is 16.8. The molecule has 164 valence electrons. The number of hydrogen-bond donors (Lipinski definition) is 1. The van der Waals surface area contributed by atoms with Crippen molar-refractivity contribution in [2.75, 3.05) is 19.0 Å². The first-order chi connectivity index (χ1) is 14.7. The van der Waals surface area contributed by atoms with Gasteiger partial charge in [-0.1, -0.05) is 23.9 Å². The molecule has 1 aliphatic rings. The molecule has 6 nitrogen and oxygen atoms in total. The standard InChI is InChI=1S/C21H20F3N3O3S/c1-3-30-16-9-5-8-15(11-16)25-18(28)12-17-19(29)27(2)20(31-17)26-14-7-4-6-13(10-14)21(22,23)24/h4-11,17H,3,12H2,1-2H3,(H,25,28). The lowest BCUT2D eigenvalue weighted by atomic mass is 10.2. The number of thioether (sulfide) groups is 1. The van der Waals surface area contributed by atoms with Crippen LogP contribution in [0.3, 0.4) is 0 Å². The molecule has 0 spiro atoms. The van der Waals surface area contributed by atoms with E-state index < -0.39 is 17.0 Å². The number of alkyl halides is 3. The normalized spacial score (nSPS) is 17.8. The quantitative estimate of drug-likeness (QED) is 0.692. The molecule has 2 amide bonds. The molecule has 0 saturated carbocycles. The second-order valence-corrected chi connectivity index (χ2v) is 7.83. The summed E-state index contributed by atoms with van der Waals surface area (Å²) in [6, 6.07) is 11.4. The Labute approximate surface area is 181 Å². The second kappa shape index (κ2) is 9.42. The Morgan fingerprint density at radius 3 is 2.68 bits per heavy atom. The van der Waals surface area contributed by atoms with Crippen LogP contribution in [-0.4, -0.2) is 40.8 Å². The average Bonchev–Trinajstić information content (AvgIpc) is 2.96. The summed E-state index contributed by atoms with van der Waals surface area (Å²) in [6.07, 6.45) is -4.59. The van der Waals surface area contributed by atoms with Gasteiger partial charge >= 0.3 is 6.18 Å². The molecule has 1 heterocycles. The maximum absolute atomic E-state index is 12.9. The number of halogens is 3. The van der Waals surface area contributed by atoms with Crippen molar-refractivity contribution in [3.8, 4) is 5.75 Å². The molecule has 2 aromatic rings. The Hall–Kier alpha value is -3.01. The number of nitrogens with zero attached hydrogens (tertiary/aromatic N) is 2. The lowest BCUT2D eigenvalue weighted by Gasteiger charge is -2.10. The van der Waals surface area contributed by atoms with Crippen LogP contribution in [0.25, 0.3) is 0 Å². The van der Waals surface area contributed by atoms with E-state index in [0.717, 1.165) is 23.9 Å². The number of aliphatic imine (C=N–C) groups is 1. The molecule has 1 N–H and O–H groups in total. The van der Waals surface area contributed by atoms with Gasteiger partial charge in [0.25, 0.3) is 0 Å². The van der Waals surface area contributed by atoms with Crippen molar-refractivity contribution in [3.63, 3.8) is 0 Å². The van der Waals surface area contributed by atoms with Gasteiger partial charge in [-0.15, -0.1) is 0 Å². The summed E-state index contributed by atoms with van der Waals surface area (Å²) in [4.78, 5) is 30.3. The molecule has 1 aliphatic heterocycles. The van der Waals surface area contributed by atoms with E-state index in [0.29, 0.717) is 18.0 Å². The van der Waals surface area contributed by atoms with Gasteiger partial charge in [-0.2, -0.15) is 13.2 Å². The zero-order chi connectivity index (χ0) is 22.6. The van der Waals surface area contributed by atoms with Gasteiger partial charge in [0.1, 0.15) is 11.0 Å². The molecule has 0 aliphatic carbocycles. The van der Waals surface area contributed by atoms with E-state index in [9.17, 15) is 22.8 Å². The minimum Gasteiger partial charge on any atom is -0.494 e. The maximum atomic E-state index is 12.9. The van der Waals surface area contributed by atoms with Gasteiger partial charge in [-0.3, -0.25) is 14.5 Å². The summed E-state index contributed by atoms with van der Waals surface area (Å²) in [5.74, 6) is -0.0935. The molecule has 1 fully saturated rings. The predicted molar refractivity (Wildman–Crippen MR) is 114 cm³/mol. The van der Waals surface area contributed by atoms with Gasteiger partial charge in [-0.05, 0) is 37.3 Å². The maximum Gasteiger partial charge on any atom is 0.416 e. The van der Waals surface area contributed by atoms with Crippen LogP contribution in [-0.2, 0) is 15.8 Å². The molecule has 1 saturated heterocycles. The molecule has 31 heavy (non-hydrogen) atoms. The van der Waals surface area contributed by atoms with E-state index in [-0.39, 0.29) is 29.1 Å². The highest BCUT2D eigenvalue weighted by atomic mass is 32.2. The van der Waals surface area contributed by atoms with Crippen molar-refractivity contribution in [1.29, 1.82) is 0 Å². The minimum absolute atomic E-state index is 0.0785. The van der Waals surface area contributed by atoms with Gasteiger partial charge in [0.15, 0.2) is 5.17 Å². The van der Waals surface area contributed by atoms with Crippen LogP contribution >= 0.6 is 11.8 Å². The number of amides is 2. The fraction of sp³-hybridized carbons (Fsp3) is 0.286. The van der Waals surface area contributed by atoms with Crippen molar-refractivity contribution in [1.82, 2.24) is 4.90 Å². The van der Waals surface area contributed by atoms with Crippen molar-refractivity contribution >= 4 is 40.1 Å². The largest absolute Gasteiger partial charge is 0.494 e. The van der Waals surface area contributed by atoms with Crippen LogP contribution in [0.15, 0.2) is 53.5 Å². The molecule has 0 radical (unpaired) electrons. The van der Waals surface area contributed by atoms with Crippen LogP contribution in [0.2, 0.25) is 0 Å². The summed E-state index contributed by atoms with van der Waals surface area (Å²) >= 11 is 1.04. The summed E-state index contributed by atoms with van der Waals surface area (Å²) < 4.78 is 44.1. The van der Waals surface area contributed by atoms with Crippen LogP contribution in [0.4, 0.5) is 24.5 Å². The van der Waals surface area contributed by atoms with E-state index in [2.05, 4.69) is 10.3 Å². The fourth-order valence-electron chi connectivity index (χ4n) is 2.87. The number of amidine groups is 1. The van der Waals surface area contributed by atoms with E-state index in [1.54, 1.807) is 24.3 Å². The number of hydrogen-bond acceptors (Lipinski definition) is 5. The van der Waals surface area contributed by atoms with Crippen LogP contribution < -0.4 is 10.1 Å². The molecule has 0 bridgehead atoms. The van der Waals surface area contributed by atoms with Gasteiger partial charge < -0.3 is 10.1 Å². The molecular formula is C21H20F3N3O3S.